The molecule has 4 nitrogen and oxygen atoms in total. The number of rotatable bonds is 7. The van der Waals surface area contributed by atoms with Gasteiger partial charge in [0.05, 0.1) is 13.7 Å². The van der Waals surface area contributed by atoms with Gasteiger partial charge in [0.2, 0.25) is 0 Å². The van der Waals surface area contributed by atoms with E-state index in [9.17, 15) is 4.39 Å². The van der Waals surface area contributed by atoms with E-state index in [1.165, 1.54) is 6.07 Å². The van der Waals surface area contributed by atoms with Crippen LogP contribution in [0.25, 0.3) is 10.9 Å². The highest BCUT2D eigenvalue weighted by Gasteiger charge is 2.19. The van der Waals surface area contributed by atoms with Gasteiger partial charge in [0.15, 0.2) is 11.5 Å². The van der Waals surface area contributed by atoms with E-state index in [-0.39, 0.29) is 11.7 Å². The molecule has 5 heteroatoms. The molecule has 0 radical (unpaired) electrons. The highest BCUT2D eigenvalue weighted by Crippen LogP contribution is 2.35. The average Bonchev–Trinajstić information content (AvgIpc) is 3.03. The van der Waals surface area contributed by atoms with Gasteiger partial charge in [-0.3, -0.25) is 0 Å². The second-order valence-corrected chi connectivity index (χ2v) is 5.95. The summed E-state index contributed by atoms with van der Waals surface area (Å²) in [5.74, 6) is 1.25. The van der Waals surface area contributed by atoms with Gasteiger partial charge in [0.25, 0.3) is 0 Å². The van der Waals surface area contributed by atoms with Gasteiger partial charge in [0, 0.05) is 23.0 Å². The number of H-pyrrole nitrogens is 1. The first-order chi connectivity index (χ1) is 12.2. The SMILES string of the molecule is CCOc1cccc(CC(CN)c2c[nH]c3ccc(F)cc23)c1OC. The highest BCUT2D eigenvalue weighted by atomic mass is 19.1. The van der Waals surface area contributed by atoms with E-state index < -0.39 is 0 Å². The van der Waals surface area contributed by atoms with Crippen LogP contribution in [0.15, 0.2) is 42.6 Å². The van der Waals surface area contributed by atoms with Gasteiger partial charge >= 0.3 is 0 Å². The number of nitrogens with two attached hydrogens (primary N) is 1. The van der Waals surface area contributed by atoms with E-state index in [0.29, 0.717) is 19.6 Å². The second kappa shape index (κ2) is 7.57. The van der Waals surface area contributed by atoms with Crippen molar-refractivity contribution in [1.82, 2.24) is 4.98 Å². The molecule has 2 aromatic carbocycles. The van der Waals surface area contributed by atoms with Gasteiger partial charge in [-0.15, -0.1) is 0 Å². The maximum absolute atomic E-state index is 13.7. The Hall–Kier alpha value is -2.53. The number of benzene rings is 2. The van der Waals surface area contributed by atoms with Crippen molar-refractivity contribution in [3.05, 3.63) is 59.5 Å². The van der Waals surface area contributed by atoms with Crippen LogP contribution in [0.1, 0.15) is 24.0 Å². The maximum atomic E-state index is 13.7. The van der Waals surface area contributed by atoms with Crippen LogP contribution in [0.4, 0.5) is 4.39 Å². The molecule has 1 atom stereocenters. The van der Waals surface area contributed by atoms with Gasteiger partial charge in [-0.05, 0) is 55.3 Å². The number of fused-ring (bicyclic) bond motifs is 1. The van der Waals surface area contributed by atoms with Gasteiger partial charge < -0.3 is 20.2 Å². The fourth-order valence-corrected chi connectivity index (χ4v) is 3.26. The Morgan fingerprint density at radius 1 is 1.24 bits per heavy atom. The standard InChI is InChI=1S/C20H23FN2O2/c1-3-25-19-6-4-5-13(20(19)24-2)9-14(11-22)17-12-23-18-8-7-15(21)10-16(17)18/h4-8,10,12,14,23H,3,9,11,22H2,1-2H3. The summed E-state index contributed by atoms with van der Waals surface area (Å²) in [5, 5.41) is 0.871. The molecule has 0 spiro atoms. The molecule has 3 rings (SSSR count). The Bertz CT molecular complexity index is 860. The van der Waals surface area contributed by atoms with Crippen LogP contribution >= 0.6 is 0 Å². The van der Waals surface area contributed by atoms with E-state index in [1.807, 2.05) is 31.3 Å². The lowest BCUT2D eigenvalue weighted by Gasteiger charge is -2.18. The Labute approximate surface area is 146 Å². The third-order valence-corrected chi connectivity index (χ3v) is 4.43. The summed E-state index contributed by atoms with van der Waals surface area (Å²) in [6, 6.07) is 10.6. The molecule has 1 heterocycles. The summed E-state index contributed by atoms with van der Waals surface area (Å²) in [7, 11) is 1.64. The first-order valence-electron chi connectivity index (χ1n) is 8.43. The topological polar surface area (TPSA) is 60.3 Å². The summed E-state index contributed by atoms with van der Waals surface area (Å²) in [4.78, 5) is 3.20. The summed E-state index contributed by atoms with van der Waals surface area (Å²) in [6.07, 6.45) is 2.60. The smallest absolute Gasteiger partial charge is 0.163 e. The number of methoxy groups -OCH3 is 1. The van der Waals surface area contributed by atoms with Crippen LogP contribution in [-0.4, -0.2) is 25.2 Å². The summed E-state index contributed by atoms with van der Waals surface area (Å²) in [6.45, 7) is 2.96. The molecule has 3 aromatic rings. The third-order valence-electron chi connectivity index (χ3n) is 4.43. The normalized spacial score (nSPS) is 12.3. The van der Waals surface area contributed by atoms with Crippen molar-refractivity contribution >= 4 is 10.9 Å². The monoisotopic (exact) mass is 342 g/mol. The molecule has 132 valence electrons. The Kier molecular flexibility index (Phi) is 5.24. The van der Waals surface area contributed by atoms with E-state index in [0.717, 1.165) is 33.5 Å². The first kappa shape index (κ1) is 17.3. The molecule has 1 aromatic heterocycles. The minimum Gasteiger partial charge on any atom is -0.493 e. The molecule has 0 saturated carbocycles. The van der Waals surface area contributed by atoms with Crippen molar-refractivity contribution in [3.63, 3.8) is 0 Å². The van der Waals surface area contributed by atoms with Gasteiger partial charge in [0.1, 0.15) is 5.82 Å². The van der Waals surface area contributed by atoms with Crippen LogP contribution < -0.4 is 15.2 Å². The molecule has 3 N–H and O–H groups in total. The van der Waals surface area contributed by atoms with Crippen molar-refractivity contribution in [2.75, 3.05) is 20.3 Å². The molecule has 0 aliphatic carbocycles. The Balaban J connectivity index is 1.97. The molecular formula is C20H23FN2O2. The average molecular weight is 342 g/mol. The lowest BCUT2D eigenvalue weighted by molar-refractivity contribution is 0.309. The van der Waals surface area contributed by atoms with Gasteiger partial charge in [-0.25, -0.2) is 4.39 Å². The molecule has 0 aliphatic rings. The summed E-state index contributed by atoms with van der Waals surface area (Å²) >= 11 is 0. The summed E-state index contributed by atoms with van der Waals surface area (Å²) < 4.78 is 24.9. The van der Waals surface area contributed by atoms with Gasteiger partial charge in [-0.1, -0.05) is 12.1 Å². The van der Waals surface area contributed by atoms with Crippen LogP contribution in [0, 0.1) is 5.82 Å². The van der Waals surface area contributed by atoms with E-state index >= 15 is 0 Å². The number of nitrogens with one attached hydrogen (secondary N) is 1. The minimum atomic E-state index is -0.250. The zero-order chi connectivity index (χ0) is 17.8. The quantitative estimate of drug-likeness (QED) is 0.682. The van der Waals surface area contributed by atoms with Crippen LogP contribution in [0.3, 0.4) is 0 Å². The second-order valence-electron chi connectivity index (χ2n) is 5.95. The molecule has 0 amide bonds. The van der Waals surface area contributed by atoms with Crippen molar-refractivity contribution in [2.45, 2.75) is 19.3 Å². The number of hydrogen-bond acceptors (Lipinski definition) is 3. The van der Waals surface area contributed by atoms with Crippen LogP contribution in [0.2, 0.25) is 0 Å². The first-order valence-corrected chi connectivity index (χ1v) is 8.43. The largest absolute Gasteiger partial charge is 0.493 e. The molecule has 1 unspecified atom stereocenters. The van der Waals surface area contributed by atoms with Crippen molar-refractivity contribution in [1.29, 1.82) is 0 Å². The summed E-state index contributed by atoms with van der Waals surface area (Å²) in [5.41, 5.74) is 8.99. The molecule has 0 saturated heterocycles. The number of aromatic amines is 1. The number of halogens is 1. The van der Waals surface area contributed by atoms with E-state index in [1.54, 1.807) is 19.2 Å². The lowest BCUT2D eigenvalue weighted by Crippen LogP contribution is -2.15. The highest BCUT2D eigenvalue weighted by molar-refractivity contribution is 5.83. The fraction of sp³-hybridized carbons (Fsp3) is 0.300. The zero-order valence-electron chi connectivity index (χ0n) is 14.5. The molecule has 0 aliphatic heterocycles. The van der Waals surface area contributed by atoms with Crippen LogP contribution in [0.5, 0.6) is 11.5 Å². The Morgan fingerprint density at radius 2 is 2.08 bits per heavy atom. The van der Waals surface area contributed by atoms with E-state index in [2.05, 4.69) is 4.98 Å². The number of hydrogen-bond donors (Lipinski definition) is 2. The molecule has 0 fully saturated rings. The van der Waals surface area contributed by atoms with Crippen molar-refractivity contribution in [2.24, 2.45) is 5.73 Å². The number of ether oxygens (including phenoxy) is 2. The predicted molar refractivity (Wildman–Crippen MR) is 97.9 cm³/mol. The maximum Gasteiger partial charge on any atom is 0.163 e. The van der Waals surface area contributed by atoms with E-state index in [4.69, 9.17) is 15.2 Å². The molecule has 0 bridgehead atoms. The number of aromatic nitrogens is 1. The fourth-order valence-electron chi connectivity index (χ4n) is 3.26. The number of para-hydroxylation sites is 1. The Morgan fingerprint density at radius 3 is 2.80 bits per heavy atom. The van der Waals surface area contributed by atoms with Crippen molar-refractivity contribution in [3.8, 4) is 11.5 Å². The van der Waals surface area contributed by atoms with Gasteiger partial charge in [-0.2, -0.15) is 0 Å². The van der Waals surface area contributed by atoms with Crippen molar-refractivity contribution < 1.29 is 13.9 Å². The third kappa shape index (κ3) is 3.46. The zero-order valence-corrected chi connectivity index (χ0v) is 14.5. The predicted octanol–water partition coefficient (Wildman–Crippen LogP) is 4.00. The minimum absolute atomic E-state index is 0.0429. The molecule has 25 heavy (non-hydrogen) atoms. The van der Waals surface area contributed by atoms with Crippen LogP contribution in [-0.2, 0) is 6.42 Å². The lowest BCUT2D eigenvalue weighted by atomic mass is 9.91. The molecular weight excluding hydrogens is 319 g/mol.